The third kappa shape index (κ3) is 4.46. The number of benzene rings is 1. The van der Waals surface area contributed by atoms with Crippen LogP contribution in [0.3, 0.4) is 0 Å². The topological polar surface area (TPSA) is 12.4 Å². The summed E-state index contributed by atoms with van der Waals surface area (Å²) in [5.74, 6) is 0. The van der Waals surface area contributed by atoms with Crippen LogP contribution in [0.15, 0.2) is 29.3 Å². The summed E-state index contributed by atoms with van der Waals surface area (Å²) in [5, 5.41) is 0. The molecule has 1 aromatic rings. The minimum Gasteiger partial charge on any atom is -0.261 e. The van der Waals surface area contributed by atoms with Crippen molar-refractivity contribution in [3.63, 3.8) is 0 Å². The maximum Gasteiger partial charge on any atom is 0.0654 e. The highest BCUT2D eigenvalue weighted by molar-refractivity contribution is 5.64. The molecule has 0 aliphatic rings. The molecule has 0 unspecified atom stereocenters. The van der Waals surface area contributed by atoms with Crippen LogP contribution in [0, 0.1) is 6.92 Å². The SMILES string of the molecule is CC.CCC=Nc1ccccc1C. The Morgan fingerprint density at radius 3 is 2.38 bits per heavy atom. The van der Waals surface area contributed by atoms with Crippen LogP contribution in [-0.2, 0) is 0 Å². The van der Waals surface area contributed by atoms with Crippen LogP contribution in [0.2, 0.25) is 0 Å². The lowest BCUT2D eigenvalue weighted by Gasteiger charge is -1.96. The molecule has 1 nitrogen and oxygen atoms in total. The Balaban J connectivity index is 0.000000671. The van der Waals surface area contributed by atoms with Crippen molar-refractivity contribution in [2.75, 3.05) is 0 Å². The number of hydrogen-bond donors (Lipinski definition) is 0. The summed E-state index contributed by atoms with van der Waals surface area (Å²) in [6, 6.07) is 8.14. The van der Waals surface area contributed by atoms with Gasteiger partial charge >= 0.3 is 0 Å². The van der Waals surface area contributed by atoms with Gasteiger partial charge in [0.25, 0.3) is 0 Å². The summed E-state index contributed by atoms with van der Waals surface area (Å²) in [6.07, 6.45) is 2.93. The predicted octanol–water partition coefficient (Wildman–Crippen LogP) is 4.13. The van der Waals surface area contributed by atoms with Crippen molar-refractivity contribution < 1.29 is 0 Å². The molecule has 0 aromatic heterocycles. The minimum absolute atomic E-state index is 0.994. The van der Waals surface area contributed by atoms with Gasteiger partial charge in [0.05, 0.1) is 5.69 Å². The van der Waals surface area contributed by atoms with E-state index in [1.807, 2.05) is 38.3 Å². The second kappa shape index (κ2) is 7.53. The molecule has 1 heteroatoms. The Bertz CT molecular complexity index is 251. The number of aryl methyl sites for hydroxylation is 1. The number of nitrogens with zero attached hydrogens (tertiary/aromatic N) is 1. The number of para-hydroxylation sites is 1. The molecule has 72 valence electrons. The molecule has 0 heterocycles. The number of rotatable bonds is 2. The quantitative estimate of drug-likeness (QED) is 0.602. The highest BCUT2D eigenvalue weighted by Gasteiger charge is 1.89. The lowest BCUT2D eigenvalue weighted by Crippen LogP contribution is -1.73. The first-order chi connectivity index (χ1) is 6.34. The monoisotopic (exact) mass is 177 g/mol. The molecule has 0 amide bonds. The predicted molar refractivity (Wildman–Crippen MR) is 61.0 cm³/mol. The molecule has 0 saturated heterocycles. The Hall–Kier alpha value is -1.11. The number of hydrogen-bond acceptors (Lipinski definition) is 1. The molecule has 1 rings (SSSR count). The second-order valence-corrected chi connectivity index (χ2v) is 2.51. The molecular weight excluding hydrogens is 158 g/mol. The summed E-state index contributed by atoms with van der Waals surface area (Å²) < 4.78 is 0. The normalized spacial score (nSPS) is 9.54. The summed E-state index contributed by atoms with van der Waals surface area (Å²) in [7, 11) is 0. The molecule has 0 bridgehead atoms. The van der Waals surface area contributed by atoms with Gasteiger partial charge in [-0.25, -0.2) is 0 Å². The molecule has 0 atom stereocenters. The van der Waals surface area contributed by atoms with E-state index in [0.717, 1.165) is 12.1 Å². The third-order valence-corrected chi connectivity index (χ3v) is 1.53. The molecule has 13 heavy (non-hydrogen) atoms. The van der Waals surface area contributed by atoms with Crippen molar-refractivity contribution in [2.24, 2.45) is 4.99 Å². The van der Waals surface area contributed by atoms with E-state index in [2.05, 4.69) is 24.9 Å². The lowest BCUT2D eigenvalue weighted by molar-refractivity contribution is 1.30. The van der Waals surface area contributed by atoms with Crippen LogP contribution in [0.4, 0.5) is 5.69 Å². The lowest BCUT2D eigenvalue weighted by atomic mass is 10.2. The van der Waals surface area contributed by atoms with Crippen molar-refractivity contribution in [3.05, 3.63) is 29.8 Å². The van der Waals surface area contributed by atoms with Crippen molar-refractivity contribution in [3.8, 4) is 0 Å². The number of aliphatic imine (C=N–C) groups is 1. The Labute approximate surface area is 81.5 Å². The Morgan fingerprint density at radius 2 is 1.85 bits per heavy atom. The zero-order valence-corrected chi connectivity index (χ0v) is 9.04. The van der Waals surface area contributed by atoms with Gasteiger partial charge in [0, 0.05) is 6.21 Å². The fraction of sp³-hybridized carbons (Fsp3) is 0.417. The largest absolute Gasteiger partial charge is 0.261 e. The van der Waals surface area contributed by atoms with Crippen molar-refractivity contribution in [2.45, 2.75) is 34.1 Å². The molecule has 1 aromatic carbocycles. The van der Waals surface area contributed by atoms with Gasteiger partial charge in [-0.2, -0.15) is 0 Å². The first kappa shape index (κ1) is 11.9. The smallest absolute Gasteiger partial charge is 0.0654 e. The van der Waals surface area contributed by atoms with Crippen LogP contribution in [0.25, 0.3) is 0 Å². The van der Waals surface area contributed by atoms with Gasteiger partial charge in [0.15, 0.2) is 0 Å². The highest BCUT2D eigenvalue weighted by Crippen LogP contribution is 2.15. The molecule has 0 aliphatic carbocycles. The van der Waals surface area contributed by atoms with Crippen LogP contribution in [0.5, 0.6) is 0 Å². The molecule has 0 radical (unpaired) electrons. The first-order valence-corrected chi connectivity index (χ1v) is 4.92. The van der Waals surface area contributed by atoms with Gasteiger partial charge in [-0.3, -0.25) is 4.99 Å². The molecule has 0 aliphatic heterocycles. The standard InChI is InChI=1S/C10H13N.C2H6/c1-3-8-11-10-7-5-4-6-9(10)2;1-2/h4-8H,3H2,1-2H3;1-2H3. The van der Waals surface area contributed by atoms with Gasteiger partial charge in [-0.15, -0.1) is 0 Å². The Morgan fingerprint density at radius 1 is 1.23 bits per heavy atom. The van der Waals surface area contributed by atoms with Crippen LogP contribution >= 0.6 is 0 Å². The average Bonchev–Trinajstić information content (AvgIpc) is 2.20. The maximum atomic E-state index is 4.30. The molecule has 0 spiro atoms. The van der Waals surface area contributed by atoms with Gasteiger partial charge in [-0.1, -0.05) is 39.0 Å². The van der Waals surface area contributed by atoms with Gasteiger partial charge in [0.2, 0.25) is 0 Å². The Kier molecular flexibility index (Phi) is 6.89. The fourth-order valence-electron chi connectivity index (χ4n) is 0.898. The second-order valence-electron chi connectivity index (χ2n) is 2.51. The van der Waals surface area contributed by atoms with E-state index in [1.54, 1.807) is 0 Å². The first-order valence-electron chi connectivity index (χ1n) is 4.92. The van der Waals surface area contributed by atoms with E-state index >= 15 is 0 Å². The summed E-state index contributed by atoms with van der Waals surface area (Å²) >= 11 is 0. The van der Waals surface area contributed by atoms with Gasteiger partial charge in [0.1, 0.15) is 0 Å². The third-order valence-electron chi connectivity index (χ3n) is 1.53. The van der Waals surface area contributed by atoms with Crippen LogP contribution in [-0.4, -0.2) is 6.21 Å². The van der Waals surface area contributed by atoms with E-state index in [0.29, 0.717) is 0 Å². The summed E-state index contributed by atoms with van der Waals surface area (Å²) in [6.45, 7) is 8.16. The fourth-order valence-corrected chi connectivity index (χ4v) is 0.898. The van der Waals surface area contributed by atoms with Crippen molar-refractivity contribution in [1.82, 2.24) is 0 Å². The summed E-state index contributed by atoms with van der Waals surface area (Å²) in [5.41, 5.74) is 2.31. The zero-order chi connectivity index (χ0) is 10.1. The van der Waals surface area contributed by atoms with E-state index < -0.39 is 0 Å². The van der Waals surface area contributed by atoms with E-state index in [-0.39, 0.29) is 0 Å². The molecular formula is C12H19N. The zero-order valence-electron chi connectivity index (χ0n) is 9.04. The average molecular weight is 177 g/mol. The van der Waals surface area contributed by atoms with E-state index in [9.17, 15) is 0 Å². The van der Waals surface area contributed by atoms with Crippen molar-refractivity contribution in [1.29, 1.82) is 0 Å². The van der Waals surface area contributed by atoms with Gasteiger partial charge in [-0.05, 0) is 25.0 Å². The maximum absolute atomic E-state index is 4.30. The highest BCUT2D eigenvalue weighted by atomic mass is 14.7. The van der Waals surface area contributed by atoms with Crippen molar-refractivity contribution >= 4 is 11.9 Å². The minimum atomic E-state index is 0.994. The summed E-state index contributed by atoms with van der Waals surface area (Å²) in [4.78, 5) is 4.30. The molecule has 0 fully saturated rings. The molecule has 0 saturated carbocycles. The molecule has 0 N–H and O–H groups in total. The van der Waals surface area contributed by atoms with E-state index in [4.69, 9.17) is 0 Å². The van der Waals surface area contributed by atoms with Crippen LogP contribution in [0.1, 0.15) is 32.8 Å². The van der Waals surface area contributed by atoms with E-state index in [1.165, 1.54) is 5.56 Å². The van der Waals surface area contributed by atoms with Gasteiger partial charge < -0.3 is 0 Å². The van der Waals surface area contributed by atoms with Crippen LogP contribution < -0.4 is 0 Å².